The molecule has 1 heterocycles. The molecule has 0 spiro atoms. The third-order valence-electron chi connectivity index (χ3n) is 3.24. The molecule has 2 rings (SSSR count). The summed E-state index contributed by atoms with van der Waals surface area (Å²) in [7, 11) is 0. The molecule has 1 aromatic rings. The summed E-state index contributed by atoms with van der Waals surface area (Å²) in [5, 5.41) is 3.37. The lowest BCUT2D eigenvalue weighted by atomic mass is 9.98. The maximum absolute atomic E-state index is 13.0. The maximum Gasteiger partial charge on any atom is 0.194 e. The van der Waals surface area contributed by atoms with Crippen molar-refractivity contribution >= 4 is 0 Å². The number of nitrogens with one attached hydrogen (secondary N) is 1. The third kappa shape index (κ3) is 3.22. The van der Waals surface area contributed by atoms with Crippen LogP contribution in [0.25, 0.3) is 0 Å². The fourth-order valence-corrected chi connectivity index (χ4v) is 2.26. The van der Waals surface area contributed by atoms with E-state index in [1.54, 1.807) is 0 Å². The van der Waals surface area contributed by atoms with Crippen LogP contribution in [-0.2, 0) is 6.42 Å². The fourth-order valence-electron chi connectivity index (χ4n) is 2.26. The number of rotatable bonds is 3. The lowest BCUT2D eigenvalue weighted by Gasteiger charge is -2.23. The molecule has 1 nitrogen and oxygen atoms in total. The monoisotopic (exact) mass is 243 g/mol. The van der Waals surface area contributed by atoms with Gasteiger partial charge in [-0.15, -0.1) is 0 Å². The highest BCUT2D eigenvalue weighted by Crippen LogP contribution is 2.17. The van der Waals surface area contributed by atoms with Gasteiger partial charge in [0, 0.05) is 6.04 Å². The molecule has 0 aromatic heterocycles. The molecule has 1 fully saturated rings. The van der Waals surface area contributed by atoms with E-state index in [1.165, 1.54) is 12.8 Å². The minimum Gasteiger partial charge on any atom is -0.314 e. The van der Waals surface area contributed by atoms with Crippen molar-refractivity contribution in [1.82, 2.24) is 5.32 Å². The number of hydrogen-bond donors (Lipinski definition) is 1. The SMILES string of the molecule is Fc1cc(CCC2CCCCN2)cc(F)c1F. The van der Waals surface area contributed by atoms with Crippen molar-refractivity contribution in [3.05, 3.63) is 35.1 Å². The molecule has 0 bridgehead atoms. The fraction of sp³-hybridized carbons (Fsp3) is 0.538. The van der Waals surface area contributed by atoms with Gasteiger partial charge in [0.2, 0.25) is 0 Å². The summed E-state index contributed by atoms with van der Waals surface area (Å²) in [6.07, 6.45) is 4.91. The van der Waals surface area contributed by atoms with E-state index < -0.39 is 17.5 Å². The van der Waals surface area contributed by atoms with Gasteiger partial charge in [0.05, 0.1) is 0 Å². The highest BCUT2D eigenvalue weighted by molar-refractivity contribution is 5.19. The lowest BCUT2D eigenvalue weighted by Crippen LogP contribution is -2.34. The van der Waals surface area contributed by atoms with E-state index in [0.717, 1.165) is 31.5 Å². The Labute approximate surface area is 99.0 Å². The minimum atomic E-state index is -1.38. The van der Waals surface area contributed by atoms with Gasteiger partial charge < -0.3 is 5.32 Å². The van der Waals surface area contributed by atoms with Crippen LogP contribution < -0.4 is 5.32 Å². The average Bonchev–Trinajstić information content (AvgIpc) is 2.34. The van der Waals surface area contributed by atoms with E-state index in [4.69, 9.17) is 0 Å². The van der Waals surface area contributed by atoms with E-state index in [0.29, 0.717) is 18.0 Å². The first-order valence-corrected chi connectivity index (χ1v) is 6.03. The summed E-state index contributed by atoms with van der Waals surface area (Å²) < 4.78 is 38.7. The molecule has 0 aliphatic carbocycles. The Kier molecular flexibility index (Phi) is 4.05. The van der Waals surface area contributed by atoms with Crippen LogP contribution in [0.15, 0.2) is 12.1 Å². The van der Waals surface area contributed by atoms with Gasteiger partial charge in [0.15, 0.2) is 17.5 Å². The summed E-state index contributed by atoms with van der Waals surface area (Å²) in [4.78, 5) is 0. The van der Waals surface area contributed by atoms with Gasteiger partial charge >= 0.3 is 0 Å². The van der Waals surface area contributed by atoms with Crippen molar-refractivity contribution in [3.63, 3.8) is 0 Å². The summed E-state index contributed by atoms with van der Waals surface area (Å²) in [6.45, 7) is 1.01. The summed E-state index contributed by atoms with van der Waals surface area (Å²) in [5.41, 5.74) is 0.522. The quantitative estimate of drug-likeness (QED) is 0.804. The molecule has 0 saturated carbocycles. The Morgan fingerprint density at radius 2 is 1.82 bits per heavy atom. The first-order chi connectivity index (χ1) is 8.16. The van der Waals surface area contributed by atoms with Crippen LogP contribution in [0.5, 0.6) is 0 Å². The van der Waals surface area contributed by atoms with Gasteiger partial charge in [-0.25, -0.2) is 13.2 Å². The minimum absolute atomic E-state index is 0.417. The molecule has 0 radical (unpaired) electrons. The molecule has 1 aliphatic rings. The smallest absolute Gasteiger partial charge is 0.194 e. The molecular formula is C13H16F3N. The predicted octanol–water partition coefficient (Wildman–Crippen LogP) is 3.18. The van der Waals surface area contributed by atoms with E-state index in [-0.39, 0.29) is 0 Å². The van der Waals surface area contributed by atoms with Crippen molar-refractivity contribution in [3.8, 4) is 0 Å². The number of benzene rings is 1. The molecule has 17 heavy (non-hydrogen) atoms. The molecule has 1 atom stereocenters. The summed E-state index contributed by atoms with van der Waals surface area (Å²) >= 11 is 0. The largest absolute Gasteiger partial charge is 0.314 e. The molecule has 0 amide bonds. The number of hydrogen-bond acceptors (Lipinski definition) is 1. The summed E-state index contributed by atoms with van der Waals surface area (Å²) in [5.74, 6) is -3.59. The van der Waals surface area contributed by atoms with Crippen LogP contribution in [0.1, 0.15) is 31.2 Å². The van der Waals surface area contributed by atoms with E-state index in [1.807, 2.05) is 0 Å². The van der Waals surface area contributed by atoms with E-state index >= 15 is 0 Å². The van der Waals surface area contributed by atoms with Gasteiger partial charge in [-0.3, -0.25) is 0 Å². The normalized spacial score (nSPS) is 20.5. The average molecular weight is 243 g/mol. The number of halogens is 3. The van der Waals surface area contributed by atoms with Gasteiger partial charge in [-0.1, -0.05) is 6.42 Å². The van der Waals surface area contributed by atoms with Crippen molar-refractivity contribution in [2.45, 2.75) is 38.1 Å². The van der Waals surface area contributed by atoms with Crippen LogP contribution in [-0.4, -0.2) is 12.6 Å². The molecule has 1 aromatic carbocycles. The Balaban J connectivity index is 1.94. The highest BCUT2D eigenvalue weighted by atomic mass is 19.2. The first kappa shape index (κ1) is 12.4. The number of piperidine rings is 1. The second-order valence-corrected chi connectivity index (χ2v) is 4.56. The predicted molar refractivity (Wildman–Crippen MR) is 60.3 cm³/mol. The zero-order chi connectivity index (χ0) is 12.3. The van der Waals surface area contributed by atoms with Gasteiger partial charge in [-0.05, 0) is 49.9 Å². The van der Waals surface area contributed by atoms with E-state index in [9.17, 15) is 13.2 Å². The Morgan fingerprint density at radius 3 is 2.41 bits per heavy atom. The molecule has 1 aliphatic heterocycles. The lowest BCUT2D eigenvalue weighted by molar-refractivity contribution is 0.381. The second-order valence-electron chi connectivity index (χ2n) is 4.56. The van der Waals surface area contributed by atoms with Crippen LogP contribution >= 0.6 is 0 Å². The maximum atomic E-state index is 13.0. The number of aryl methyl sites for hydroxylation is 1. The molecular weight excluding hydrogens is 227 g/mol. The van der Waals surface area contributed by atoms with Crippen molar-refractivity contribution < 1.29 is 13.2 Å². The van der Waals surface area contributed by atoms with Crippen LogP contribution in [0, 0.1) is 17.5 Å². The van der Waals surface area contributed by atoms with Crippen molar-refractivity contribution in [2.75, 3.05) is 6.54 Å². The zero-order valence-corrected chi connectivity index (χ0v) is 9.61. The van der Waals surface area contributed by atoms with E-state index in [2.05, 4.69) is 5.32 Å². The first-order valence-electron chi connectivity index (χ1n) is 6.03. The Bertz CT molecular complexity index is 363. The van der Waals surface area contributed by atoms with Gasteiger partial charge in [0.25, 0.3) is 0 Å². The summed E-state index contributed by atoms with van der Waals surface area (Å²) in [6, 6.07) is 2.59. The Morgan fingerprint density at radius 1 is 1.12 bits per heavy atom. The van der Waals surface area contributed by atoms with Crippen LogP contribution in [0.3, 0.4) is 0 Å². The molecule has 4 heteroatoms. The standard InChI is InChI=1S/C13H16F3N/c14-11-7-9(8-12(15)13(11)16)4-5-10-3-1-2-6-17-10/h7-8,10,17H,1-6H2. The van der Waals surface area contributed by atoms with Crippen LogP contribution in [0.2, 0.25) is 0 Å². The second kappa shape index (κ2) is 5.54. The zero-order valence-electron chi connectivity index (χ0n) is 9.61. The van der Waals surface area contributed by atoms with Gasteiger partial charge in [0.1, 0.15) is 0 Å². The topological polar surface area (TPSA) is 12.0 Å². The van der Waals surface area contributed by atoms with Crippen molar-refractivity contribution in [1.29, 1.82) is 0 Å². The Hall–Kier alpha value is -1.03. The van der Waals surface area contributed by atoms with Crippen LogP contribution in [0.4, 0.5) is 13.2 Å². The van der Waals surface area contributed by atoms with Gasteiger partial charge in [-0.2, -0.15) is 0 Å². The molecule has 1 saturated heterocycles. The third-order valence-corrected chi connectivity index (χ3v) is 3.24. The molecule has 1 N–H and O–H groups in total. The molecule has 94 valence electrons. The molecule has 1 unspecified atom stereocenters. The van der Waals surface area contributed by atoms with Crippen molar-refractivity contribution in [2.24, 2.45) is 0 Å². The highest BCUT2D eigenvalue weighted by Gasteiger charge is 2.14.